The van der Waals surface area contributed by atoms with Crippen LogP contribution >= 0.6 is 11.6 Å². The lowest BCUT2D eigenvalue weighted by molar-refractivity contribution is -0.140. The lowest BCUT2D eigenvalue weighted by atomic mass is 10.0. The molecule has 33 heavy (non-hydrogen) atoms. The third-order valence-corrected chi connectivity index (χ3v) is 8.20. The third-order valence-electron chi connectivity index (χ3n) is 5.99. The van der Waals surface area contributed by atoms with Crippen molar-refractivity contribution >= 4 is 33.6 Å². The second kappa shape index (κ2) is 8.93. The highest BCUT2D eigenvalue weighted by Crippen LogP contribution is 2.36. The molecule has 0 aromatic heterocycles. The number of ether oxygens (including phenoxy) is 1. The van der Waals surface area contributed by atoms with Gasteiger partial charge in [-0.3, -0.25) is 4.79 Å². The summed E-state index contributed by atoms with van der Waals surface area (Å²) in [6.07, 6.45) is -4.24. The number of piperazine rings is 1. The van der Waals surface area contributed by atoms with E-state index in [0.29, 0.717) is 25.6 Å². The molecule has 1 N–H and O–H groups in total. The normalized spacial score (nSPS) is 24.9. The maximum Gasteiger partial charge on any atom is 0.417 e. The average Bonchev–Trinajstić information content (AvgIpc) is 2.77. The molecule has 2 atom stereocenters. The molecule has 0 aliphatic carbocycles. The van der Waals surface area contributed by atoms with E-state index in [1.165, 1.54) is 4.90 Å². The van der Waals surface area contributed by atoms with Crippen LogP contribution in [0.1, 0.15) is 12.0 Å². The number of hydrogen-bond acceptors (Lipinski definition) is 5. The number of hydrogen-bond donors (Lipinski definition) is 1. The van der Waals surface area contributed by atoms with Crippen molar-refractivity contribution in [3.05, 3.63) is 28.8 Å². The van der Waals surface area contributed by atoms with Gasteiger partial charge in [0.1, 0.15) is 6.61 Å². The smallest absolute Gasteiger partial charge is 0.366 e. The van der Waals surface area contributed by atoms with Crippen LogP contribution in [0.5, 0.6) is 0 Å². The number of benzene rings is 1. The summed E-state index contributed by atoms with van der Waals surface area (Å²) in [6.45, 7) is 1.00. The molecular weight excluding hydrogens is 489 g/mol. The van der Waals surface area contributed by atoms with Crippen LogP contribution in [0.3, 0.4) is 0 Å². The first kappa shape index (κ1) is 24.0. The maximum absolute atomic E-state index is 12.9. The molecule has 0 unspecified atom stereocenters. The van der Waals surface area contributed by atoms with Crippen LogP contribution in [0.15, 0.2) is 23.1 Å². The van der Waals surface area contributed by atoms with Crippen LogP contribution < -0.4 is 5.32 Å². The number of morpholine rings is 1. The molecule has 3 saturated heterocycles. The Labute approximate surface area is 193 Å². The number of sulfonamides is 1. The number of urea groups is 1. The summed E-state index contributed by atoms with van der Waals surface area (Å²) in [5.41, 5.74) is -1.11. The van der Waals surface area contributed by atoms with Crippen molar-refractivity contribution < 1.29 is 35.9 Å². The molecule has 0 bridgehead atoms. The highest BCUT2D eigenvalue weighted by Gasteiger charge is 2.39. The lowest BCUT2D eigenvalue weighted by Gasteiger charge is -2.43. The standard InChI is InChI=1S/C19H22ClF3N4O5S/c20-14-9-12(1-2-13(14)19(21,22)23)33(30,31)27-7-5-25(6-8-27)18(29)26-4-3-16-15(10-26)24-17(28)11-32-16/h1-2,9,15-16H,3-8,10-11H2,(H,24,28)/t15-,16+/m1/s1. The second-order valence-corrected chi connectivity index (χ2v) is 10.4. The number of nitrogens with zero attached hydrogens (tertiary/aromatic N) is 3. The second-order valence-electron chi connectivity index (χ2n) is 8.07. The first-order valence-electron chi connectivity index (χ1n) is 10.3. The summed E-state index contributed by atoms with van der Waals surface area (Å²) in [6, 6.07) is 1.78. The highest BCUT2D eigenvalue weighted by atomic mass is 35.5. The van der Waals surface area contributed by atoms with Gasteiger partial charge in [-0.05, 0) is 24.6 Å². The van der Waals surface area contributed by atoms with Gasteiger partial charge in [-0.15, -0.1) is 0 Å². The number of fused-ring (bicyclic) bond motifs is 1. The van der Waals surface area contributed by atoms with Crippen molar-refractivity contribution in [3.8, 4) is 0 Å². The van der Waals surface area contributed by atoms with Gasteiger partial charge in [0.05, 0.1) is 27.6 Å². The number of halogens is 4. The SMILES string of the molecule is O=C1CO[C@H]2CCN(C(=O)N3CCN(S(=O)(=O)c4ccc(C(F)(F)F)c(Cl)c4)CC3)C[C@H]2N1. The molecule has 4 rings (SSSR count). The molecule has 3 fully saturated rings. The van der Waals surface area contributed by atoms with Gasteiger partial charge in [0, 0.05) is 39.3 Å². The van der Waals surface area contributed by atoms with Crippen LogP contribution in [-0.2, 0) is 25.7 Å². The maximum atomic E-state index is 12.9. The van der Waals surface area contributed by atoms with Gasteiger partial charge in [0.15, 0.2) is 0 Å². The molecule has 1 aromatic carbocycles. The van der Waals surface area contributed by atoms with Crippen LogP contribution in [0, 0.1) is 0 Å². The number of alkyl halides is 3. The van der Waals surface area contributed by atoms with Crippen molar-refractivity contribution in [1.29, 1.82) is 0 Å². The van der Waals surface area contributed by atoms with Gasteiger partial charge in [-0.1, -0.05) is 11.6 Å². The topological polar surface area (TPSA) is 99.3 Å². The minimum atomic E-state index is -4.69. The molecule has 3 heterocycles. The van der Waals surface area contributed by atoms with Gasteiger partial charge in [-0.25, -0.2) is 13.2 Å². The molecule has 14 heteroatoms. The number of carbonyl (C=O) groups is 2. The Morgan fingerprint density at radius 2 is 1.82 bits per heavy atom. The highest BCUT2D eigenvalue weighted by molar-refractivity contribution is 7.89. The van der Waals surface area contributed by atoms with Crippen molar-refractivity contribution in [2.24, 2.45) is 0 Å². The van der Waals surface area contributed by atoms with Gasteiger partial charge >= 0.3 is 12.2 Å². The minimum absolute atomic E-state index is 0.00748. The fraction of sp³-hybridized carbons (Fsp3) is 0.579. The quantitative estimate of drug-likeness (QED) is 0.648. The summed E-state index contributed by atoms with van der Waals surface area (Å²) < 4.78 is 71.1. The zero-order valence-corrected chi connectivity index (χ0v) is 18.9. The molecule has 0 spiro atoms. The zero-order valence-electron chi connectivity index (χ0n) is 17.3. The van der Waals surface area contributed by atoms with Crippen molar-refractivity contribution in [2.75, 3.05) is 45.9 Å². The molecule has 3 aliphatic heterocycles. The summed E-state index contributed by atoms with van der Waals surface area (Å²) in [5, 5.41) is 2.13. The zero-order chi connectivity index (χ0) is 24.0. The minimum Gasteiger partial charge on any atom is -0.366 e. The molecule has 9 nitrogen and oxygen atoms in total. The third kappa shape index (κ3) is 4.91. The monoisotopic (exact) mass is 510 g/mol. The van der Waals surface area contributed by atoms with Crippen molar-refractivity contribution in [3.63, 3.8) is 0 Å². The van der Waals surface area contributed by atoms with E-state index in [2.05, 4.69) is 5.32 Å². The predicted octanol–water partition coefficient (Wildman–Crippen LogP) is 1.37. The van der Waals surface area contributed by atoms with Gasteiger partial charge in [0.2, 0.25) is 15.9 Å². The van der Waals surface area contributed by atoms with E-state index in [-0.39, 0.29) is 61.8 Å². The molecular formula is C19H22ClF3N4O5S. The Bertz CT molecular complexity index is 1050. The summed E-state index contributed by atoms with van der Waals surface area (Å²) in [4.78, 5) is 27.3. The first-order chi connectivity index (χ1) is 15.5. The number of nitrogens with one attached hydrogen (secondary N) is 1. The predicted molar refractivity (Wildman–Crippen MR) is 110 cm³/mol. The first-order valence-corrected chi connectivity index (χ1v) is 12.1. The Kier molecular flexibility index (Phi) is 6.51. The number of rotatable bonds is 2. The molecule has 3 amide bonds. The van der Waals surface area contributed by atoms with Crippen LogP contribution in [0.2, 0.25) is 5.02 Å². The van der Waals surface area contributed by atoms with E-state index in [1.54, 1.807) is 4.90 Å². The lowest BCUT2D eigenvalue weighted by Crippen LogP contribution is -2.63. The summed E-state index contributed by atoms with van der Waals surface area (Å²) in [7, 11) is -4.08. The molecule has 0 radical (unpaired) electrons. The van der Waals surface area contributed by atoms with Gasteiger partial charge < -0.3 is 19.9 Å². The molecule has 3 aliphatic rings. The summed E-state index contributed by atoms with van der Waals surface area (Å²) >= 11 is 5.67. The van der Waals surface area contributed by atoms with E-state index in [0.717, 1.165) is 16.4 Å². The largest absolute Gasteiger partial charge is 0.417 e. The Hall–Kier alpha value is -2.09. The van der Waals surface area contributed by atoms with Crippen molar-refractivity contribution in [1.82, 2.24) is 19.4 Å². The van der Waals surface area contributed by atoms with Gasteiger partial charge in [0.25, 0.3) is 0 Å². The van der Waals surface area contributed by atoms with E-state index >= 15 is 0 Å². The Balaban J connectivity index is 1.38. The average molecular weight is 511 g/mol. The van der Waals surface area contributed by atoms with E-state index in [1.807, 2.05) is 0 Å². The molecule has 182 valence electrons. The molecule has 0 saturated carbocycles. The number of amides is 3. The Morgan fingerprint density at radius 1 is 1.12 bits per heavy atom. The van der Waals surface area contributed by atoms with E-state index in [9.17, 15) is 31.2 Å². The van der Waals surface area contributed by atoms with Gasteiger partial charge in [-0.2, -0.15) is 17.5 Å². The fourth-order valence-electron chi connectivity index (χ4n) is 4.23. The van der Waals surface area contributed by atoms with E-state index < -0.39 is 26.8 Å². The number of likely N-dealkylation sites (tertiary alicyclic amines) is 1. The Morgan fingerprint density at radius 3 is 2.45 bits per heavy atom. The van der Waals surface area contributed by atoms with E-state index in [4.69, 9.17) is 16.3 Å². The number of piperidine rings is 1. The summed E-state index contributed by atoms with van der Waals surface area (Å²) in [5.74, 6) is -0.229. The van der Waals surface area contributed by atoms with Crippen LogP contribution in [-0.4, -0.2) is 92.5 Å². The van der Waals surface area contributed by atoms with Crippen LogP contribution in [0.4, 0.5) is 18.0 Å². The van der Waals surface area contributed by atoms with Crippen LogP contribution in [0.25, 0.3) is 0 Å². The van der Waals surface area contributed by atoms with Crippen molar-refractivity contribution in [2.45, 2.75) is 29.6 Å². The fourth-order valence-corrected chi connectivity index (χ4v) is 6.03. The molecule has 1 aromatic rings. The number of carbonyl (C=O) groups excluding carboxylic acids is 2.